The number of aryl methyl sites for hydroxylation is 2. The second kappa shape index (κ2) is 13.3. The average molecular weight is 623 g/mol. The molecule has 0 atom stereocenters. The van der Waals surface area contributed by atoms with Gasteiger partial charge in [-0.2, -0.15) is 0 Å². The predicted molar refractivity (Wildman–Crippen MR) is 178 cm³/mol. The molecule has 2 amide bonds. The van der Waals surface area contributed by atoms with Crippen LogP contribution < -0.4 is 21.1 Å². The third kappa shape index (κ3) is 6.41. The molecule has 8 nitrogen and oxygen atoms in total. The van der Waals surface area contributed by atoms with E-state index < -0.39 is 0 Å². The lowest BCUT2D eigenvalue weighted by atomic mass is 9.89. The van der Waals surface area contributed by atoms with Gasteiger partial charge in [-0.25, -0.2) is 4.98 Å². The summed E-state index contributed by atoms with van der Waals surface area (Å²) in [5.41, 5.74) is 13.0. The number of rotatable bonds is 8. The Morgan fingerprint density at radius 3 is 2.51 bits per heavy atom. The number of carbonyl (C=O) groups is 3. The molecule has 0 unspecified atom stereocenters. The van der Waals surface area contributed by atoms with Crippen LogP contribution in [0.25, 0.3) is 21.6 Å². The minimum atomic E-state index is -0.326. The van der Waals surface area contributed by atoms with E-state index in [-0.39, 0.29) is 23.2 Å². The normalized spacial score (nSPS) is 14.5. The number of anilines is 1. The number of aldehydes is 1. The number of nitrogens with zero attached hydrogens (tertiary/aromatic N) is 1. The van der Waals surface area contributed by atoms with E-state index in [4.69, 9.17) is 10.5 Å². The highest BCUT2D eigenvalue weighted by Crippen LogP contribution is 2.43. The Kier molecular flexibility index (Phi) is 9.09. The molecular weight excluding hydrogens is 584 g/mol. The third-order valence-corrected chi connectivity index (χ3v) is 9.88. The highest BCUT2D eigenvalue weighted by Gasteiger charge is 2.26. The minimum Gasteiger partial charge on any atom is -0.493 e. The Balaban J connectivity index is 1.40. The van der Waals surface area contributed by atoms with Gasteiger partial charge in [-0.15, -0.1) is 11.3 Å². The fourth-order valence-electron chi connectivity index (χ4n) is 6.51. The fourth-order valence-corrected chi connectivity index (χ4v) is 7.49. The molecule has 2 aromatic heterocycles. The van der Waals surface area contributed by atoms with E-state index in [2.05, 4.69) is 21.7 Å². The van der Waals surface area contributed by atoms with E-state index in [1.54, 1.807) is 23.5 Å². The molecule has 1 aliphatic heterocycles. The minimum absolute atomic E-state index is 0.0828. The van der Waals surface area contributed by atoms with E-state index >= 15 is 0 Å². The Morgan fingerprint density at radius 2 is 1.78 bits per heavy atom. The summed E-state index contributed by atoms with van der Waals surface area (Å²) in [5.74, 6) is 0.466. The van der Waals surface area contributed by atoms with Crippen LogP contribution in [0.2, 0.25) is 0 Å². The van der Waals surface area contributed by atoms with Crippen LogP contribution in [0.3, 0.4) is 0 Å². The maximum atomic E-state index is 14.2. The molecule has 3 heterocycles. The Hall–Kier alpha value is -4.34. The van der Waals surface area contributed by atoms with Gasteiger partial charge in [-0.05, 0) is 90.6 Å². The lowest BCUT2D eigenvalue weighted by molar-refractivity contribution is 0.0937. The number of thiophene rings is 1. The number of hydrogen-bond donors (Lipinski definition) is 3. The topological polar surface area (TPSA) is 123 Å². The van der Waals surface area contributed by atoms with Crippen LogP contribution in [-0.2, 0) is 13.0 Å². The van der Waals surface area contributed by atoms with Crippen molar-refractivity contribution in [2.45, 2.75) is 58.9 Å². The number of amides is 2. The van der Waals surface area contributed by atoms with Gasteiger partial charge in [0.05, 0.1) is 6.61 Å². The Bertz CT molecular complexity index is 1750. The molecule has 0 bridgehead atoms. The molecule has 0 spiro atoms. The number of hydrogen-bond acceptors (Lipinski definition) is 7. The summed E-state index contributed by atoms with van der Waals surface area (Å²) >= 11 is 1.61. The summed E-state index contributed by atoms with van der Waals surface area (Å²) in [5, 5.41) is 8.17. The van der Waals surface area contributed by atoms with Crippen LogP contribution in [0, 0.1) is 19.8 Å². The molecule has 2 aliphatic rings. The standard InChI is InChI=1S/C36H38N4O4S/c1-21-14-24(18-37)15-22(2)33(21)40-35(42)28-16-29-32(44-12-10-25-11-13-45-34(25)29)17-27(28)26-8-9-30(39-31(26)20-41)36(43)38-19-23-6-4-3-5-7-23/h8-9,11,13-17,20,23H,3-7,10,12,18-19,37H2,1-2H3,(H,38,43)(H,40,42). The van der Waals surface area contributed by atoms with Crippen LogP contribution in [0.5, 0.6) is 5.75 Å². The summed E-state index contributed by atoms with van der Waals surface area (Å²) in [6, 6.07) is 13.0. The molecule has 0 saturated heterocycles. The molecule has 6 rings (SSSR count). The fraction of sp³-hybridized carbons (Fsp3) is 0.333. The number of nitrogens with two attached hydrogens (primary N) is 1. The quantitative estimate of drug-likeness (QED) is 0.185. The van der Waals surface area contributed by atoms with Crippen molar-refractivity contribution in [3.8, 4) is 27.3 Å². The summed E-state index contributed by atoms with van der Waals surface area (Å²) in [7, 11) is 0. The van der Waals surface area contributed by atoms with Gasteiger partial charge in [0.1, 0.15) is 17.1 Å². The first kappa shape index (κ1) is 30.7. The molecule has 4 aromatic rings. The Morgan fingerprint density at radius 1 is 1.00 bits per heavy atom. The number of pyridine rings is 1. The first-order valence-electron chi connectivity index (χ1n) is 15.6. The lowest BCUT2D eigenvalue weighted by Crippen LogP contribution is -2.31. The average Bonchev–Trinajstić information content (AvgIpc) is 3.46. The van der Waals surface area contributed by atoms with Gasteiger partial charge in [0.2, 0.25) is 0 Å². The van der Waals surface area contributed by atoms with E-state index in [1.807, 2.05) is 43.5 Å². The zero-order chi connectivity index (χ0) is 31.5. The maximum Gasteiger partial charge on any atom is 0.269 e. The summed E-state index contributed by atoms with van der Waals surface area (Å²) < 4.78 is 6.18. The summed E-state index contributed by atoms with van der Waals surface area (Å²) in [6.45, 7) is 5.38. The third-order valence-electron chi connectivity index (χ3n) is 8.89. The van der Waals surface area contributed by atoms with E-state index in [0.717, 1.165) is 46.4 Å². The van der Waals surface area contributed by atoms with Crippen molar-refractivity contribution in [3.63, 3.8) is 0 Å². The molecule has 1 fully saturated rings. The second-order valence-corrected chi connectivity index (χ2v) is 12.9. The number of aromatic nitrogens is 1. The van der Waals surface area contributed by atoms with Crippen LogP contribution in [0.15, 0.2) is 47.8 Å². The second-order valence-electron chi connectivity index (χ2n) is 12.0. The van der Waals surface area contributed by atoms with Crippen molar-refractivity contribution in [2.24, 2.45) is 11.7 Å². The molecule has 0 radical (unpaired) electrons. The van der Waals surface area contributed by atoms with E-state index in [1.165, 1.54) is 24.8 Å². The first-order chi connectivity index (χ1) is 21.9. The van der Waals surface area contributed by atoms with Gasteiger partial charge in [0.15, 0.2) is 6.29 Å². The smallest absolute Gasteiger partial charge is 0.269 e. The molecule has 4 N–H and O–H groups in total. The number of carbonyl (C=O) groups excluding carboxylic acids is 3. The molecule has 1 aliphatic carbocycles. The molecule has 1 saturated carbocycles. The van der Waals surface area contributed by atoms with Gasteiger partial charge < -0.3 is 21.1 Å². The van der Waals surface area contributed by atoms with Crippen molar-refractivity contribution in [3.05, 3.63) is 87.0 Å². The number of nitrogens with one attached hydrogen (secondary N) is 2. The van der Waals surface area contributed by atoms with Crippen molar-refractivity contribution >= 4 is 35.1 Å². The molecular formula is C36H38N4O4S. The molecule has 9 heteroatoms. The number of benzene rings is 2. The SMILES string of the molecule is Cc1cc(CN)cc(C)c1NC(=O)c1cc2c(cc1-c1ccc(C(=O)NCC3CCCCC3)nc1C=O)OCCc1ccsc1-2. The van der Waals surface area contributed by atoms with Gasteiger partial charge >= 0.3 is 0 Å². The maximum absolute atomic E-state index is 14.2. The van der Waals surface area contributed by atoms with Crippen molar-refractivity contribution in [2.75, 3.05) is 18.5 Å². The predicted octanol–water partition coefficient (Wildman–Crippen LogP) is 6.86. The van der Waals surface area contributed by atoms with Crippen LogP contribution in [0.4, 0.5) is 5.69 Å². The Labute approximate surface area is 267 Å². The summed E-state index contributed by atoms with van der Waals surface area (Å²) in [6.07, 6.45) is 7.24. The first-order valence-corrected chi connectivity index (χ1v) is 16.5. The zero-order valence-corrected chi connectivity index (χ0v) is 26.5. The highest BCUT2D eigenvalue weighted by molar-refractivity contribution is 7.13. The molecule has 232 valence electrons. The van der Waals surface area contributed by atoms with Crippen LogP contribution in [-0.4, -0.2) is 36.2 Å². The number of ether oxygens (including phenoxy) is 1. The van der Waals surface area contributed by atoms with Crippen molar-refractivity contribution in [1.29, 1.82) is 0 Å². The van der Waals surface area contributed by atoms with Crippen LogP contribution >= 0.6 is 11.3 Å². The monoisotopic (exact) mass is 622 g/mol. The van der Waals surface area contributed by atoms with E-state index in [0.29, 0.717) is 60.0 Å². The van der Waals surface area contributed by atoms with Crippen molar-refractivity contribution in [1.82, 2.24) is 10.3 Å². The van der Waals surface area contributed by atoms with E-state index in [9.17, 15) is 14.4 Å². The largest absolute Gasteiger partial charge is 0.493 e. The number of fused-ring (bicyclic) bond motifs is 3. The van der Waals surface area contributed by atoms with Gasteiger partial charge in [0, 0.05) is 52.3 Å². The molecule has 2 aromatic carbocycles. The highest BCUT2D eigenvalue weighted by atomic mass is 32.1. The van der Waals surface area contributed by atoms with Gasteiger partial charge in [0.25, 0.3) is 11.8 Å². The van der Waals surface area contributed by atoms with Gasteiger partial charge in [-0.1, -0.05) is 31.4 Å². The van der Waals surface area contributed by atoms with Gasteiger partial charge in [-0.3, -0.25) is 14.4 Å². The zero-order valence-electron chi connectivity index (χ0n) is 25.7. The van der Waals surface area contributed by atoms with Crippen molar-refractivity contribution < 1.29 is 19.1 Å². The summed E-state index contributed by atoms with van der Waals surface area (Å²) in [4.78, 5) is 45.1. The van der Waals surface area contributed by atoms with Crippen LogP contribution in [0.1, 0.15) is 85.7 Å². The lowest BCUT2D eigenvalue weighted by Gasteiger charge is -2.21. The molecule has 45 heavy (non-hydrogen) atoms.